The van der Waals surface area contributed by atoms with Crippen LogP contribution in [0.1, 0.15) is 6.42 Å². The Morgan fingerprint density at radius 3 is 2.92 bits per heavy atom. The van der Waals surface area contributed by atoms with Crippen LogP contribution in [0.15, 0.2) is 18.3 Å². The quantitative estimate of drug-likeness (QED) is 0.624. The van der Waals surface area contributed by atoms with E-state index >= 15 is 0 Å². The summed E-state index contributed by atoms with van der Waals surface area (Å²) in [5.41, 5.74) is 7.02. The predicted octanol–water partition coefficient (Wildman–Crippen LogP) is 1.22. The molecular weight excluding hydrogens is 277 g/mol. The summed E-state index contributed by atoms with van der Waals surface area (Å²) in [5, 5.41) is 0. The van der Waals surface area contributed by atoms with Crippen molar-refractivity contribution in [2.24, 2.45) is 5.73 Å². The smallest absolute Gasteiger partial charge is 0.101 e. The molecule has 1 saturated heterocycles. The summed E-state index contributed by atoms with van der Waals surface area (Å²) in [6, 6.07) is 4.46. The van der Waals surface area contributed by atoms with Gasteiger partial charge in [0.2, 0.25) is 0 Å². The van der Waals surface area contributed by atoms with Crippen LogP contribution in [-0.2, 0) is 0 Å². The zero-order valence-corrected chi connectivity index (χ0v) is 9.44. The molecule has 0 saturated carbocycles. The number of hydrogen-bond acceptors (Lipinski definition) is 3. The Kier molecular flexibility index (Phi) is 2.69. The largest absolute Gasteiger partial charge is 0.369 e. The molecule has 2 rings (SSSR count). The van der Waals surface area contributed by atoms with Gasteiger partial charge in [-0.25, -0.2) is 4.98 Å². The molecule has 1 aliphatic rings. The molecule has 1 fully saturated rings. The molecule has 0 aromatic carbocycles. The normalized spacial score (nSPS) is 22.3. The molecule has 0 aliphatic carbocycles. The maximum atomic E-state index is 5.83. The number of halogens is 1. The first kappa shape index (κ1) is 9.21. The van der Waals surface area contributed by atoms with Gasteiger partial charge in [-0.1, -0.05) is 0 Å². The van der Waals surface area contributed by atoms with Crippen molar-refractivity contribution in [2.45, 2.75) is 12.5 Å². The van der Waals surface area contributed by atoms with Crippen molar-refractivity contribution < 1.29 is 0 Å². The van der Waals surface area contributed by atoms with E-state index in [1.807, 2.05) is 12.3 Å². The van der Waals surface area contributed by atoms with Crippen LogP contribution in [0.25, 0.3) is 0 Å². The molecule has 1 unspecified atom stereocenters. The second kappa shape index (κ2) is 3.79. The van der Waals surface area contributed by atoms with Crippen molar-refractivity contribution in [3.8, 4) is 0 Å². The lowest BCUT2D eigenvalue weighted by Crippen LogP contribution is -2.26. The lowest BCUT2D eigenvalue weighted by atomic mass is 10.3. The Hall–Kier alpha value is -0.360. The summed E-state index contributed by atoms with van der Waals surface area (Å²) < 4.78 is 1.03. The highest BCUT2D eigenvalue weighted by Crippen LogP contribution is 2.18. The van der Waals surface area contributed by atoms with Gasteiger partial charge in [0.05, 0.1) is 11.9 Å². The molecule has 3 nitrogen and oxygen atoms in total. The highest BCUT2D eigenvalue weighted by molar-refractivity contribution is 14.1. The molecule has 1 aliphatic heterocycles. The molecule has 2 N–H and O–H groups in total. The Morgan fingerprint density at radius 1 is 1.54 bits per heavy atom. The van der Waals surface area contributed by atoms with E-state index in [4.69, 9.17) is 5.73 Å². The Bertz CT molecular complexity index is 285. The van der Waals surface area contributed by atoms with Gasteiger partial charge in [0.15, 0.2) is 0 Å². The van der Waals surface area contributed by atoms with Gasteiger partial charge in [-0.05, 0) is 41.1 Å². The molecule has 4 heteroatoms. The standard InChI is InChI=1S/C9H12IN3/c10-9-2-1-8(5-12-9)13-4-3-7(11)6-13/h1-2,5,7H,3-4,6,11H2. The Balaban J connectivity index is 2.13. The van der Waals surface area contributed by atoms with Gasteiger partial charge in [0.1, 0.15) is 3.70 Å². The molecule has 1 aromatic rings. The van der Waals surface area contributed by atoms with Gasteiger partial charge in [0.25, 0.3) is 0 Å². The van der Waals surface area contributed by atoms with Crippen LogP contribution in [-0.4, -0.2) is 24.1 Å². The highest BCUT2D eigenvalue weighted by atomic mass is 127. The van der Waals surface area contributed by atoms with Crippen molar-refractivity contribution >= 4 is 28.3 Å². The monoisotopic (exact) mass is 289 g/mol. The van der Waals surface area contributed by atoms with Crippen LogP contribution in [0.2, 0.25) is 0 Å². The molecule has 0 bridgehead atoms. The average Bonchev–Trinajstić information content (AvgIpc) is 2.53. The topological polar surface area (TPSA) is 42.1 Å². The van der Waals surface area contributed by atoms with Crippen LogP contribution in [0.5, 0.6) is 0 Å². The maximum Gasteiger partial charge on any atom is 0.101 e. The number of hydrogen-bond donors (Lipinski definition) is 1. The zero-order chi connectivity index (χ0) is 9.26. The molecule has 0 amide bonds. The van der Waals surface area contributed by atoms with Crippen LogP contribution >= 0.6 is 22.6 Å². The fraction of sp³-hybridized carbons (Fsp3) is 0.444. The fourth-order valence-corrected chi connectivity index (χ4v) is 1.90. The van der Waals surface area contributed by atoms with E-state index in [-0.39, 0.29) is 0 Å². The lowest BCUT2D eigenvalue weighted by Gasteiger charge is -2.17. The molecular formula is C9H12IN3. The second-order valence-electron chi connectivity index (χ2n) is 3.33. The van der Waals surface area contributed by atoms with Crippen molar-refractivity contribution in [2.75, 3.05) is 18.0 Å². The first-order valence-electron chi connectivity index (χ1n) is 4.38. The second-order valence-corrected chi connectivity index (χ2v) is 4.44. The van der Waals surface area contributed by atoms with Gasteiger partial charge < -0.3 is 10.6 Å². The van der Waals surface area contributed by atoms with Crippen molar-refractivity contribution in [3.05, 3.63) is 22.0 Å². The van der Waals surface area contributed by atoms with E-state index in [1.54, 1.807) is 0 Å². The first-order chi connectivity index (χ1) is 6.25. The van der Waals surface area contributed by atoms with E-state index < -0.39 is 0 Å². The molecule has 0 spiro atoms. The van der Waals surface area contributed by atoms with E-state index in [0.29, 0.717) is 6.04 Å². The molecule has 1 atom stereocenters. The van der Waals surface area contributed by atoms with E-state index in [0.717, 1.165) is 23.2 Å². The van der Waals surface area contributed by atoms with Crippen molar-refractivity contribution in [1.29, 1.82) is 0 Å². The van der Waals surface area contributed by atoms with Gasteiger partial charge >= 0.3 is 0 Å². The van der Waals surface area contributed by atoms with E-state index in [1.165, 1.54) is 5.69 Å². The average molecular weight is 289 g/mol. The van der Waals surface area contributed by atoms with Crippen molar-refractivity contribution in [1.82, 2.24) is 4.98 Å². The molecule has 70 valence electrons. The zero-order valence-electron chi connectivity index (χ0n) is 7.28. The first-order valence-corrected chi connectivity index (χ1v) is 5.45. The summed E-state index contributed by atoms with van der Waals surface area (Å²) in [7, 11) is 0. The minimum absolute atomic E-state index is 0.333. The minimum Gasteiger partial charge on any atom is -0.369 e. The Labute approximate surface area is 91.5 Å². The number of nitrogens with two attached hydrogens (primary N) is 1. The minimum atomic E-state index is 0.333. The number of rotatable bonds is 1. The summed E-state index contributed by atoms with van der Waals surface area (Å²) in [5.74, 6) is 0. The summed E-state index contributed by atoms with van der Waals surface area (Å²) >= 11 is 2.21. The van der Waals surface area contributed by atoms with E-state index in [9.17, 15) is 0 Å². The van der Waals surface area contributed by atoms with Gasteiger partial charge in [0, 0.05) is 19.1 Å². The van der Waals surface area contributed by atoms with Gasteiger partial charge in [-0.15, -0.1) is 0 Å². The summed E-state index contributed by atoms with van der Waals surface area (Å²) in [6.07, 6.45) is 3.01. The maximum absolute atomic E-state index is 5.83. The van der Waals surface area contributed by atoms with Crippen LogP contribution in [0.4, 0.5) is 5.69 Å². The number of pyridine rings is 1. The molecule has 13 heavy (non-hydrogen) atoms. The third kappa shape index (κ3) is 2.11. The summed E-state index contributed by atoms with van der Waals surface area (Å²) in [6.45, 7) is 2.02. The lowest BCUT2D eigenvalue weighted by molar-refractivity contribution is 0.752. The third-order valence-electron chi connectivity index (χ3n) is 2.30. The SMILES string of the molecule is NC1CCN(c2ccc(I)nc2)C1. The third-order valence-corrected chi connectivity index (χ3v) is 2.94. The highest BCUT2D eigenvalue weighted by Gasteiger charge is 2.18. The Morgan fingerprint density at radius 2 is 2.38 bits per heavy atom. The molecule has 1 aromatic heterocycles. The van der Waals surface area contributed by atoms with Gasteiger partial charge in [-0.2, -0.15) is 0 Å². The van der Waals surface area contributed by atoms with Crippen LogP contribution in [0, 0.1) is 3.70 Å². The molecule has 0 radical (unpaired) electrons. The number of anilines is 1. The summed E-state index contributed by atoms with van der Waals surface area (Å²) in [4.78, 5) is 6.54. The van der Waals surface area contributed by atoms with Crippen molar-refractivity contribution in [3.63, 3.8) is 0 Å². The molecule has 2 heterocycles. The number of aromatic nitrogens is 1. The van der Waals surface area contributed by atoms with E-state index in [2.05, 4.69) is 38.5 Å². The van der Waals surface area contributed by atoms with Crippen LogP contribution < -0.4 is 10.6 Å². The van der Waals surface area contributed by atoms with Gasteiger partial charge in [-0.3, -0.25) is 0 Å². The number of nitrogens with zero attached hydrogens (tertiary/aromatic N) is 2. The van der Waals surface area contributed by atoms with Crippen LogP contribution in [0.3, 0.4) is 0 Å². The fourth-order valence-electron chi connectivity index (χ4n) is 1.58. The predicted molar refractivity (Wildman–Crippen MR) is 61.8 cm³/mol.